The number of nitrogens with one attached hydrogen (secondary N) is 1. The first-order valence-electron chi connectivity index (χ1n) is 5.66. The van der Waals surface area contributed by atoms with Crippen molar-refractivity contribution in [1.29, 1.82) is 0 Å². The molecule has 0 radical (unpaired) electrons. The summed E-state index contributed by atoms with van der Waals surface area (Å²) in [5.41, 5.74) is 0.479. The fourth-order valence-corrected chi connectivity index (χ4v) is 1.71. The molecule has 2 aromatic rings. The lowest BCUT2D eigenvalue weighted by molar-refractivity contribution is -0.136. The second-order valence-electron chi connectivity index (χ2n) is 4.01. The van der Waals surface area contributed by atoms with Gasteiger partial charge >= 0.3 is 6.18 Å². The van der Waals surface area contributed by atoms with Gasteiger partial charge in [0.1, 0.15) is 0 Å². The average Bonchev–Trinajstić information content (AvgIpc) is 2.39. The SMILES string of the molecule is C=C(Nc1ccccc1C(F)(F)F)c1ccccc1. The number of halogens is 3. The van der Waals surface area contributed by atoms with Gasteiger partial charge in [-0.05, 0) is 17.7 Å². The van der Waals surface area contributed by atoms with Crippen molar-refractivity contribution in [2.75, 3.05) is 5.32 Å². The Bertz CT molecular complexity index is 573. The van der Waals surface area contributed by atoms with Crippen LogP contribution >= 0.6 is 0 Å². The zero-order valence-corrected chi connectivity index (χ0v) is 10.0. The van der Waals surface area contributed by atoms with Gasteiger partial charge in [-0.15, -0.1) is 0 Å². The van der Waals surface area contributed by atoms with Gasteiger partial charge in [0.05, 0.1) is 11.3 Å². The normalized spacial score (nSPS) is 11.1. The Kier molecular flexibility index (Phi) is 3.60. The Labute approximate surface area is 109 Å². The van der Waals surface area contributed by atoms with Gasteiger partial charge in [0.2, 0.25) is 0 Å². The summed E-state index contributed by atoms with van der Waals surface area (Å²) in [6.45, 7) is 3.76. The van der Waals surface area contributed by atoms with E-state index in [1.807, 2.05) is 6.07 Å². The van der Waals surface area contributed by atoms with E-state index in [9.17, 15) is 13.2 Å². The minimum atomic E-state index is -4.39. The molecule has 0 unspecified atom stereocenters. The van der Waals surface area contributed by atoms with Crippen LogP contribution in [-0.2, 0) is 6.18 Å². The van der Waals surface area contributed by atoms with E-state index in [1.54, 1.807) is 30.3 Å². The Morgan fingerprint density at radius 1 is 0.895 bits per heavy atom. The summed E-state index contributed by atoms with van der Waals surface area (Å²) in [5.74, 6) is 0. The largest absolute Gasteiger partial charge is 0.418 e. The molecule has 2 aromatic carbocycles. The van der Waals surface area contributed by atoms with Crippen LogP contribution in [0.3, 0.4) is 0 Å². The van der Waals surface area contributed by atoms with Crippen molar-refractivity contribution < 1.29 is 13.2 Å². The number of rotatable bonds is 3. The lowest BCUT2D eigenvalue weighted by Crippen LogP contribution is -2.09. The highest BCUT2D eigenvalue weighted by atomic mass is 19.4. The summed E-state index contributed by atoms with van der Waals surface area (Å²) >= 11 is 0. The first kappa shape index (κ1) is 13.2. The molecule has 19 heavy (non-hydrogen) atoms. The number of para-hydroxylation sites is 1. The molecule has 0 heterocycles. The van der Waals surface area contributed by atoms with Crippen molar-refractivity contribution in [3.05, 3.63) is 72.3 Å². The molecule has 0 atom stereocenters. The molecular weight excluding hydrogens is 251 g/mol. The third-order valence-corrected chi connectivity index (χ3v) is 2.64. The van der Waals surface area contributed by atoms with Crippen molar-refractivity contribution in [2.24, 2.45) is 0 Å². The highest BCUT2D eigenvalue weighted by Crippen LogP contribution is 2.35. The van der Waals surface area contributed by atoms with Crippen molar-refractivity contribution in [1.82, 2.24) is 0 Å². The smallest absolute Gasteiger partial charge is 0.355 e. The van der Waals surface area contributed by atoms with Gasteiger partial charge in [-0.25, -0.2) is 0 Å². The summed E-state index contributed by atoms with van der Waals surface area (Å²) in [6.07, 6.45) is -4.39. The van der Waals surface area contributed by atoms with Crippen LogP contribution in [0.5, 0.6) is 0 Å². The van der Waals surface area contributed by atoms with Crippen molar-refractivity contribution in [3.8, 4) is 0 Å². The summed E-state index contributed by atoms with van der Waals surface area (Å²) < 4.78 is 38.5. The predicted octanol–water partition coefficient (Wildman–Crippen LogP) is 4.79. The highest BCUT2D eigenvalue weighted by Gasteiger charge is 2.33. The number of hydrogen-bond acceptors (Lipinski definition) is 1. The zero-order chi connectivity index (χ0) is 13.9. The number of benzene rings is 2. The second-order valence-corrected chi connectivity index (χ2v) is 4.01. The topological polar surface area (TPSA) is 12.0 Å². The molecular formula is C15H12F3N. The molecule has 0 bridgehead atoms. The molecule has 98 valence electrons. The number of hydrogen-bond donors (Lipinski definition) is 1. The molecule has 0 aliphatic heterocycles. The zero-order valence-electron chi connectivity index (χ0n) is 10.0. The monoisotopic (exact) mass is 263 g/mol. The van der Waals surface area contributed by atoms with E-state index in [0.29, 0.717) is 5.70 Å². The fraction of sp³-hybridized carbons (Fsp3) is 0.0667. The van der Waals surface area contributed by atoms with Crippen LogP contribution in [0, 0.1) is 0 Å². The maximum atomic E-state index is 12.8. The van der Waals surface area contributed by atoms with Gasteiger partial charge in [0.15, 0.2) is 0 Å². The minimum Gasteiger partial charge on any atom is -0.355 e. The van der Waals surface area contributed by atoms with Gasteiger partial charge in [-0.3, -0.25) is 0 Å². The Balaban J connectivity index is 2.28. The summed E-state index contributed by atoms with van der Waals surface area (Å²) in [4.78, 5) is 0. The Morgan fingerprint density at radius 2 is 1.47 bits per heavy atom. The third kappa shape index (κ3) is 3.16. The lowest BCUT2D eigenvalue weighted by atomic mass is 10.1. The van der Waals surface area contributed by atoms with E-state index in [0.717, 1.165) is 11.6 Å². The Morgan fingerprint density at radius 3 is 2.11 bits per heavy atom. The van der Waals surface area contributed by atoms with Crippen molar-refractivity contribution in [2.45, 2.75) is 6.18 Å². The van der Waals surface area contributed by atoms with Crippen molar-refractivity contribution >= 4 is 11.4 Å². The van der Waals surface area contributed by atoms with Gasteiger partial charge in [-0.2, -0.15) is 13.2 Å². The molecule has 4 heteroatoms. The molecule has 0 amide bonds. The first-order valence-corrected chi connectivity index (χ1v) is 5.66. The van der Waals surface area contributed by atoms with Crippen molar-refractivity contribution in [3.63, 3.8) is 0 Å². The standard InChI is InChI=1S/C15H12F3N/c1-11(12-7-3-2-4-8-12)19-14-10-6-5-9-13(14)15(16,17)18/h2-10,19H,1H2. The van der Waals surface area contributed by atoms with E-state index < -0.39 is 11.7 Å². The highest BCUT2D eigenvalue weighted by molar-refractivity contribution is 5.76. The number of alkyl halides is 3. The minimum absolute atomic E-state index is 0.00357. The van der Waals surface area contributed by atoms with Crippen LogP contribution in [0.2, 0.25) is 0 Å². The third-order valence-electron chi connectivity index (χ3n) is 2.64. The van der Waals surface area contributed by atoms with E-state index in [2.05, 4.69) is 11.9 Å². The van der Waals surface area contributed by atoms with Crippen LogP contribution in [0.1, 0.15) is 11.1 Å². The van der Waals surface area contributed by atoms with Crippen LogP contribution in [0.15, 0.2) is 61.2 Å². The van der Waals surface area contributed by atoms with Gasteiger partial charge in [0, 0.05) is 5.70 Å². The van der Waals surface area contributed by atoms with Crippen LogP contribution in [-0.4, -0.2) is 0 Å². The molecule has 1 N–H and O–H groups in total. The molecule has 0 saturated heterocycles. The van der Waals surface area contributed by atoms with Gasteiger partial charge < -0.3 is 5.32 Å². The molecule has 0 aliphatic rings. The molecule has 0 aliphatic carbocycles. The van der Waals surface area contributed by atoms with Crippen LogP contribution < -0.4 is 5.32 Å². The fourth-order valence-electron chi connectivity index (χ4n) is 1.71. The maximum Gasteiger partial charge on any atom is 0.418 e. The molecule has 2 rings (SSSR count). The summed E-state index contributed by atoms with van der Waals surface area (Å²) in [6, 6.07) is 14.3. The van der Waals surface area contributed by atoms with Crippen LogP contribution in [0.4, 0.5) is 18.9 Å². The molecule has 1 nitrogen and oxygen atoms in total. The van der Waals surface area contributed by atoms with Gasteiger partial charge in [-0.1, -0.05) is 49.0 Å². The quantitative estimate of drug-likeness (QED) is 0.839. The average molecular weight is 263 g/mol. The van der Waals surface area contributed by atoms with Gasteiger partial charge in [0.25, 0.3) is 0 Å². The first-order chi connectivity index (χ1) is 8.98. The maximum absolute atomic E-state index is 12.8. The number of anilines is 1. The molecule has 0 aromatic heterocycles. The van der Waals surface area contributed by atoms with E-state index >= 15 is 0 Å². The van der Waals surface area contributed by atoms with E-state index in [4.69, 9.17) is 0 Å². The Hall–Kier alpha value is -2.23. The predicted molar refractivity (Wildman–Crippen MR) is 70.5 cm³/mol. The summed E-state index contributed by atoms with van der Waals surface area (Å²) in [7, 11) is 0. The lowest BCUT2D eigenvalue weighted by Gasteiger charge is -2.15. The van der Waals surface area contributed by atoms with E-state index in [-0.39, 0.29) is 5.69 Å². The molecule has 0 saturated carbocycles. The van der Waals surface area contributed by atoms with E-state index in [1.165, 1.54) is 12.1 Å². The van der Waals surface area contributed by atoms with Crippen LogP contribution in [0.25, 0.3) is 5.70 Å². The molecule has 0 spiro atoms. The molecule has 0 fully saturated rings. The second kappa shape index (κ2) is 5.18. The summed E-state index contributed by atoms with van der Waals surface area (Å²) in [5, 5.41) is 2.72.